The molecule has 0 saturated carbocycles. The summed E-state index contributed by atoms with van der Waals surface area (Å²) in [7, 11) is 1.54. The standard InChI is InChI=1S/C7H15N2O.C2H6.Y/c1-5-7(2,3)6(10)9-8-4;1-2;/h5H2,1-4H3,(H,9,10);1-2H3;/q-1;;. The summed E-state index contributed by atoms with van der Waals surface area (Å²) in [6, 6.07) is 0. The average Bonchev–Trinajstić information content (AvgIpc) is 2.08. The first-order chi connectivity index (χ1) is 5.54. The van der Waals surface area contributed by atoms with Gasteiger partial charge in [-0.25, -0.2) is 0 Å². The molecule has 1 N–H and O–H groups in total. The van der Waals surface area contributed by atoms with Crippen molar-refractivity contribution in [3.8, 4) is 0 Å². The van der Waals surface area contributed by atoms with Gasteiger partial charge in [0.15, 0.2) is 5.90 Å². The van der Waals surface area contributed by atoms with Gasteiger partial charge in [-0.15, -0.1) is 7.05 Å². The van der Waals surface area contributed by atoms with Gasteiger partial charge in [0.05, 0.1) is 0 Å². The first-order valence-electron chi connectivity index (χ1n) is 4.41. The number of aliphatic hydroxyl groups excluding tert-OH is 1. The van der Waals surface area contributed by atoms with Crippen LogP contribution in [0.1, 0.15) is 41.0 Å². The van der Waals surface area contributed by atoms with Gasteiger partial charge in [0.25, 0.3) is 0 Å². The van der Waals surface area contributed by atoms with E-state index in [1.807, 2.05) is 34.6 Å². The van der Waals surface area contributed by atoms with Crippen molar-refractivity contribution in [2.45, 2.75) is 41.0 Å². The molecule has 0 spiro atoms. The number of aliphatic hydroxyl groups is 1. The van der Waals surface area contributed by atoms with E-state index >= 15 is 0 Å². The summed E-state index contributed by atoms with van der Waals surface area (Å²) in [5.74, 6) is 0.109. The number of hydrogen-bond acceptors (Lipinski definition) is 1. The molecule has 3 nitrogen and oxygen atoms in total. The van der Waals surface area contributed by atoms with Crippen molar-refractivity contribution < 1.29 is 37.8 Å². The van der Waals surface area contributed by atoms with Crippen molar-refractivity contribution in [1.82, 2.24) is 0 Å². The van der Waals surface area contributed by atoms with Gasteiger partial charge in [0.2, 0.25) is 0 Å². The van der Waals surface area contributed by atoms with Crippen LogP contribution in [-0.2, 0) is 32.7 Å². The third-order valence-electron chi connectivity index (χ3n) is 1.68. The molecule has 0 amide bonds. The molecular weight excluding hydrogens is 241 g/mol. The van der Waals surface area contributed by atoms with Crippen molar-refractivity contribution in [2.75, 3.05) is 7.05 Å². The molecule has 0 saturated heterocycles. The summed E-state index contributed by atoms with van der Waals surface area (Å²) < 4.78 is 0. The quantitative estimate of drug-likeness (QED) is 0.473. The normalized spacial score (nSPS) is 10.8. The van der Waals surface area contributed by atoms with Crippen LogP contribution in [0.2, 0.25) is 0 Å². The third kappa shape index (κ3) is 8.70. The second kappa shape index (κ2) is 10.5. The molecule has 0 fully saturated rings. The monoisotopic (exact) mass is 262 g/mol. The van der Waals surface area contributed by atoms with E-state index in [0.29, 0.717) is 0 Å². The fourth-order valence-electron chi connectivity index (χ4n) is 0.388. The van der Waals surface area contributed by atoms with Crippen molar-refractivity contribution >= 4 is 5.90 Å². The Morgan fingerprint density at radius 3 is 2.00 bits per heavy atom. The molecule has 0 aromatic heterocycles. The van der Waals surface area contributed by atoms with E-state index in [0.717, 1.165) is 6.42 Å². The van der Waals surface area contributed by atoms with Gasteiger partial charge >= 0.3 is 0 Å². The first kappa shape index (κ1) is 19.0. The number of hydrogen-bond donors (Lipinski definition) is 1. The van der Waals surface area contributed by atoms with Crippen LogP contribution in [-0.4, -0.2) is 18.1 Å². The molecule has 77 valence electrons. The SMILES string of the molecule is CC.CCC(C)(C)/C(O)=N/[N-]C.[Y]. The Morgan fingerprint density at radius 1 is 1.38 bits per heavy atom. The van der Waals surface area contributed by atoms with Crippen LogP contribution in [0.3, 0.4) is 0 Å². The molecule has 0 aliphatic rings. The zero-order valence-corrected chi connectivity index (χ0v) is 12.5. The summed E-state index contributed by atoms with van der Waals surface area (Å²) in [6.07, 6.45) is 0.859. The van der Waals surface area contributed by atoms with E-state index in [2.05, 4.69) is 10.5 Å². The van der Waals surface area contributed by atoms with Gasteiger partial charge in [-0.1, -0.05) is 34.6 Å². The predicted octanol–water partition coefficient (Wildman–Crippen LogP) is 3.32. The molecule has 0 aromatic rings. The molecule has 0 unspecified atom stereocenters. The number of nitrogens with zero attached hydrogens (tertiary/aromatic N) is 2. The summed E-state index contributed by atoms with van der Waals surface area (Å²) in [5, 5.41) is 12.8. The molecule has 0 rings (SSSR count). The minimum absolute atomic E-state index is 0. The van der Waals surface area contributed by atoms with E-state index in [1.165, 1.54) is 0 Å². The Bertz CT molecular complexity index is 136. The van der Waals surface area contributed by atoms with E-state index in [-0.39, 0.29) is 44.0 Å². The van der Waals surface area contributed by atoms with Crippen LogP contribution >= 0.6 is 0 Å². The van der Waals surface area contributed by atoms with Crippen molar-refractivity contribution in [2.24, 2.45) is 10.5 Å². The minimum Gasteiger partial charge on any atom is -0.602 e. The van der Waals surface area contributed by atoms with Crippen molar-refractivity contribution in [3.05, 3.63) is 5.43 Å². The Hall–Kier alpha value is 0.374. The van der Waals surface area contributed by atoms with E-state index < -0.39 is 0 Å². The van der Waals surface area contributed by atoms with E-state index in [4.69, 9.17) is 0 Å². The zero-order valence-electron chi connectivity index (χ0n) is 9.63. The van der Waals surface area contributed by atoms with Gasteiger partial charge < -0.3 is 15.6 Å². The largest absolute Gasteiger partial charge is 0.602 e. The molecule has 0 aromatic carbocycles. The van der Waals surface area contributed by atoms with E-state index in [9.17, 15) is 5.11 Å². The Labute approximate surface area is 107 Å². The molecule has 0 atom stereocenters. The smallest absolute Gasteiger partial charge is 0.171 e. The van der Waals surface area contributed by atoms with Crippen LogP contribution in [0, 0.1) is 5.41 Å². The van der Waals surface area contributed by atoms with Crippen LogP contribution in [0.5, 0.6) is 0 Å². The topological polar surface area (TPSA) is 46.7 Å². The molecule has 0 bridgehead atoms. The maximum atomic E-state index is 9.23. The van der Waals surface area contributed by atoms with E-state index in [1.54, 1.807) is 7.05 Å². The summed E-state index contributed by atoms with van der Waals surface area (Å²) in [4.78, 5) is 0. The fourth-order valence-corrected chi connectivity index (χ4v) is 0.388. The fraction of sp³-hybridized carbons (Fsp3) is 0.889. The molecule has 0 aliphatic heterocycles. The Balaban J connectivity index is -0.000000309. The summed E-state index contributed by atoms with van der Waals surface area (Å²) >= 11 is 0. The first-order valence-corrected chi connectivity index (χ1v) is 4.41. The van der Waals surface area contributed by atoms with Gasteiger partial charge in [-0.3, -0.25) is 0 Å². The predicted molar refractivity (Wildman–Crippen MR) is 54.8 cm³/mol. The summed E-state index contributed by atoms with van der Waals surface area (Å²) in [5.41, 5.74) is 3.25. The Morgan fingerprint density at radius 2 is 1.77 bits per heavy atom. The van der Waals surface area contributed by atoms with Crippen molar-refractivity contribution in [3.63, 3.8) is 0 Å². The van der Waals surface area contributed by atoms with Crippen LogP contribution in [0.25, 0.3) is 5.43 Å². The molecular formula is C9H21N2OY-. The van der Waals surface area contributed by atoms with Gasteiger partial charge in [0, 0.05) is 38.1 Å². The zero-order chi connectivity index (χ0) is 10.2. The van der Waals surface area contributed by atoms with Gasteiger partial charge in [0.1, 0.15) is 0 Å². The molecule has 0 heterocycles. The summed E-state index contributed by atoms with van der Waals surface area (Å²) in [6.45, 7) is 9.86. The van der Waals surface area contributed by atoms with Crippen molar-refractivity contribution in [1.29, 1.82) is 0 Å². The molecule has 0 aliphatic carbocycles. The second-order valence-electron chi connectivity index (χ2n) is 2.86. The van der Waals surface area contributed by atoms with Crippen LogP contribution < -0.4 is 0 Å². The third-order valence-corrected chi connectivity index (χ3v) is 1.68. The van der Waals surface area contributed by atoms with Crippen LogP contribution in [0.4, 0.5) is 0 Å². The molecule has 1 radical (unpaired) electrons. The van der Waals surface area contributed by atoms with Gasteiger partial charge in [-0.05, 0) is 6.42 Å². The molecule has 4 heteroatoms. The van der Waals surface area contributed by atoms with Crippen LogP contribution in [0.15, 0.2) is 5.10 Å². The Kier molecular flexibility index (Phi) is 15.3. The minimum atomic E-state index is -0.237. The maximum absolute atomic E-state index is 9.23. The number of rotatable bonds is 3. The second-order valence-corrected chi connectivity index (χ2v) is 2.86. The average molecular weight is 262 g/mol. The van der Waals surface area contributed by atoms with Gasteiger partial charge in [-0.2, -0.15) is 0 Å². The molecule has 13 heavy (non-hydrogen) atoms. The maximum Gasteiger partial charge on any atom is 0.171 e.